The van der Waals surface area contributed by atoms with Crippen molar-refractivity contribution in [2.75, 3.05) is 13.1 Å². The molecule has 5 nitrogen and oxygen atoms in total. The molecule has 27 heavy (non-hydrogen) atoms. The molecule has 2 aromatic rings. The Kier molecular flexibility index (Phi) is 5.09. The molecule has 0 unspecified atom stereocenters. The predicted molar refractivity (Wildman–Crippen MR) is 106 cm³/mol. The molecule has 1 amide bonds. The molecule has 4 rings (SSSR count). The summed E-state index contributed by atoms with van der Waals surface area (Å²) in [5.41, 5.74) is 0.931. The summed E-state index contributed by atoms with van der Waals surface area (Å²) < 4.78 is 27.2. The fraction of sp³-hybridized carbons (Fsp3) is 0.450. The molecule has 2 fully saturated rings. The number of rotatable bonds is 5. The number of carbonyl (C=O) groups is 1. The quantitative estimate of drug-likeness (QED) is 0.831. The van der Waals surface area contributed by atoms with Gasteiger partial charge in [-0.1, -0.05) is 36.4 Å². The van der Waals surface area contributed by atoms with Gasteiger partial charge in [0, 0.05) is 19.0 Å². The van der Waals surface area contributed by atoms with Gasteiger partial charge in [0.2, 0.25) is 5.91 Å². The standard InChI is InChI=1S/C20H24N2O3S2/c23-19(21-20(11-5-12-20)17-6-2-1-3-7-17)16-9-13-22(14-10-16)27(24,25)18-8-4-15-26-18/h1-4,6-8,15-16H,5,9-14H2,(H,21,23). The first kappa shape index (κ1) is 18.7. The Bertz CT molecular complexity index is 883. The number of hydrogen-bond donors (Lipinski definition) is 1. The van der Waals surface area contributed by atoms with Crippen LogP contribution in [0.15, 0.2) is 52.1 Å². The van der Waals surface area contributed by atoms with Gasteiger partial charge in [0.1, 0.15) is 4.21 Å². The summed E-state index contributed by atoms with van der Waals surface area (Å²) in [7, 11) is -3.42. The Morgan fingerprint density at radius 1 is 1.07 bits per heavy atom. The third-order valence-electron chi connectivity index (χ3n) is 5.81. The molecular formula is C20H24N2O3S2. The third-order valence-corrected chi connectivity index (χ3v) is 9.08. The van der Waals surface area contributed by atoms with E-state index in [9.17, 15) is 13.2 Å². The molecule has 0 atom stereocenters. The molecule has 144 valence electrons. The molecule has 0 bridgehead atoms. The van der Waals surface area contributed by atoms with E-state index in [-0.39, 0.29) is 17.4 Å². The van der Waals surface area contributed by atoms with Crippen molar-refractivity contribution >= 4 is 27.3 Å². The molecule has 1 aromatic heterocycles. The molecule has 0 spiro atoms. The van der Waals surface area contributed by atoms with Crippen molar-refractivity contribution < 1.29 is 13.2 Å². The van der Waals surface area contributed by atoms with Crippen LogP contribution in [0.2, 0.25) is 0 Å². The SMILES string of the molecule is O=C(NC1(c2ccccc2)CCC1)C1CCN(S(=O)(=O)c2cccs2)CC1. The van der Waals surface area contributed by atoms with Gasteiger partial charge < -0.3 is 5.32 Å². The third kappa shape index (κ3) is 3.56. The number of benzene rings is 1. The van der Waals surface area contributed by atoms with Gasteiger partial charge in [-0.25, -0.2) is 8.42 Å². The van der Waals surface area contributed by atoms with E-state index in [0.717, 1.165) is 19.3 Å². The van der Waals surface area contributed by atoms with Gasteiger partial charge >= 0.3 is 0 Å². The van der Waals surface area contributed by atoms with E-state index in [4.69, 9.17) is 0 Å². The summed E-state index contributed by atoms with van der Waals surface area (Å²) in [6.07, 6.45) is 4.19. The molecule has 7 heteroatoms. The van der Waals surface area contributed by atoms with E-state index < -0.39 is 10.0 Å². The highest BCUT2D eigenvalue weighted by atomic mass is 32.2. The molecule has 1 aliphatic carbocycles. The van der Waals surface area contributed by atoms with E-state index in [1.165, 1.54) is 21.2 Å². The van der Waals surface area contributed by atoms with Gasteiger partial charge in [-0.2, -0.15) is 4.31 Å². The highest BCUT2D eigenvalue weighted by molar-refractivity contribution is 7.91. The topological polar surface area (TPSA) is 66.5 Å². The number of hydrogen-bond acceptors (Lipinski definition) is 4. The molecule has 2 heterocycles. The van der Waals surface area contributed by atoms with Crippen LogP contribution in [0.1, 0.15) is 37.7 Å². The second-order valence-corrected chi connectivity index (χ2v) is 10.5. The highest BCUT2D eigenvalue weighted by Crippen LogP contribution is 2.41. The first-order chi connectivity index (χ1) is 13.0. The number of carbonyl (C=O) groups excluding carboxylic acids is 1. The molecule has 1 saturated heterocycles. The van der Waals surface area contributed by atoms with Gasteiger partial charge in [-0.3, -0.25) is 4.79 Å². The Hall–Kier alpha value is -1.70. The Labute approximate surface area is 164 Å². The van der Waals surface area contributed by atoms with Crippen LogP contribution in [0.3, 0.4) is 0 Å². The summed E-state index contributed by atoms with van der Waals surface area (Å²) in [6.45, 7) is 0.799. The van der Waals surface area contributed by atoms with Gasteiger partial charge in [0.05, 0.1) is 5.54 Å². The number of nitrogens with one attached hydrogen (secondary N) is 1. The predicted octanol–water partition coefficient (Wildman–Crippen LogP) is 3.34. The van der Waals surface area contributed by atoms with Crippen LogP contribution >= 0.6 is 11.3 Å². The normalized spacial score (nSPS) is 20.7. The number of amides is 1. The number of piperidine rings is 1. The van der Waals surface area contributed by atoms with Crippen molar-refractivity contribution in [1.29, 1.82) is 0 Å². The van der Waals surface area contributed by atoms with E-state index in [2.05, 4.69) is 17.4 Å². The maximum Gasteiger partial charge on any atom is 0.252 e. The minimum absolute atomic E-state index is 0.0618. The molecule has 1 N–H and O–H groups in total. The average molecular weight is 405 g/mol. The molecule has 2 aliphatic rings. The smallest absolute Gasteiger partial charge is 0.252 e. The van der Waals surface area contributed by atoms with Crippen LogP contribution in [0.5, 0.6) is 0 Å². The van der Waals surface area contributed by atoms with E-state index >= 15 is 0 Å². The van der Waals surface area contributed by atoms with Gasteiger partial charge in [0.15, 0.2) is 0 Å². The van der Waals surface area contributed by atoms with Crippen molar-refractivity contribution in [3.8, 4) is 0 Å². The lowest BCUT2D eigenvalue weighted by Gasteiger charge is -2.44. The van der Waals surface area contributed by atoms with Gasteiger partial charge in [-0.15, -0.1) is 11.3 Å². The van der Waals surface area contributed by atoms with Crippen LogP contribution < -0.4 is 5.32 Å². The minimum atomic E-state index is -3.42. The summed E-state index contributed by atoms with van der Waals surface area (Å²) in [4.78, 5) is 12.9. The Balaban J connectivity index is 1.39. The van der Waals surface area contributed by atoms with Crippen LogP contribution in [0.4, 0.5) is 0 Å². The van der Waals surface area contributed by atoms with Crippen molar-refractivity contribution in [3.05, 3.63) is 53.4 Å². The molecule has 1 aromatic carbocycles. The average Bonchev–Trinajstić information content (AvgIpc) is 3.21. The summed E-state index contributed by atoms with van der Waals surface area (Å²) in [6, 6.07) is 13.6. The van der Waals surface area contributed by atoms with Crippen molar-refractivity contribution in [3.63, 3.8) is 0 Å². The fourth-order valence-corrected chi connectivity index (χ4v) is 6.62. The number of nitrogens with zero attached hydrogens (tertiary/aromatic N) is 1. The Morgan fingerprint density at radius 2 is 1.78 bits per heavy atom. The molecular weight excluding hydrogens is 380 g/mol. The largest absolute Gasteiger partial charge is 0.346 e. The summed E-state index contributed by atoms with van der Waals surface area (Å²) in [5, 5.41) is 5.06. The van der Waals surface area contributed by atoms with Crippen molar-refractivity contribution in [2.45, 2.75) is 41.9 Å². The zero-order chi connectivity index (χ0) is 18.9. The fourth-order valence-electron chi connectivity index (χ4n) is 4.01. The van der Waals surface area contributed by atoms with E-state index in [1.54, 1.807) is 17.5 Å². The lowest BCUT2D eigenvalue weighted by Crippen LogP contribution is -2.53. The van der Waals surface area contributed by atoms with Crippen LogP contribution in [-0.2, 0) is 20.4 Å². The first-order valence-corrected chi connectivity index (χ1v) is 11.7. The lowest BCUT2D eigenvalue weighted by atomic mass is 9.71. The monoisotopic (exact) mass is 404 g/mol. The van der Waals surface area contributed by atoms with Crippen molar-refractivity contribution in [1.82, 2.24) is 9.62 Å². The van der Waals surface area contributed by atoms with Crippen LogP contribution in [0, 0.1) is 5.92 Å². The van der Waals surface area contributed by atoms with E-state index in [1.807, 2.05) is 18.2 Å². The second kappa shape index (κ2) is 7.37. The van der Waals surface area contributed by atoms with Crippen LogP contribution in [-0.4, -0.2) is 31.7 Å². The number of thiophene rings is 1. The maximum absolute atomic E-state index is 12.9. The zero-order valence-electron chi connectivity index (χ0n) is 15.1. The number of sulfonamides is 1. The molecule has 1 saturated carbocycles. The Morgan fingerprint density at radius 3 is 2.33 bits per heavy atom. The van der Waals surface area contributed by atoms with Crippen molar-refractivity contribution in [2.24, 2.45) is 5.92 Å². The first-order valence-electron chi connectivity index (χ1n) is 9.42. The highest BCUT2D eigenvalue weighted by Gasteiger charge is 2.42. The zero-order valence-corrected chi connectivity index (χ0v) is 16.8. The second-order valence-electron chi connectivity index (χ2n) is 7.40. The van der Waals surface area contributed by atoms with Crippen LogP contribution in [0.25, 0.3) is 0 Å². The lowest BCUT2D eigenvalue weighted by molar-refractivity contribution is -0.129. The van der Waals surface area contributed by atoms with Gasteiger partial charge in [-0.05, 0) is 49.1 Å². The maximum atomic E-state index is 12.9. The minimum Gasteiger partial charge on any atom is -0.346 e. The molecule has 0 radical (unpaired) electrons. The summed E-state index contributed by atoms with van der Waals surface area (Å²) >= 11 is 1.24. The molecule has 1 aliphatic heterocycles. The van der Waals surface area contributed by atoms with Gasteiger partial charge in [0.25, 0.3) is 10.0 Å². The van der Waals surface area contributed by atoms with E-state index in [0.29, 0.717) is 30.1 Å². The summed E-state index contributed by atoms with van der Waals surface area (Å²) in [5.74, 6) is -0.0623.